The number of amides is 1. The average Bonchev–Trinajstić information content (AvgIpc) is 3.09. The molecule has 0 saturated carbocycles. The molecule has 29 heavy (non-hydrogen) atoms. The number of thioether (sulfide) groups is 1. The van der Waals surface area contributed by atoms with Gasteiger partial charge in [-0.2, -0.15) is 5.26 Å². The van der Waals surface area contributed by atoms with Crippen molar-refractivity contribution in [2.45, 2.75) is 38.1 Å². The summed E-state index contributed by atoms with van der Waals surface area (Å²) in [4.78, 5) is 21.3. The number of aromatic nitrogens is 2. The molecule has 150 valence electrons. The van der Waals surface area contributed by atoms with Crippen molar-refractivity contribution in [1.29, 1.82) is 5.26 Å². The van der Waals surface area contributed by atoms with Crippen molar-refractivity contribution in [1.82, 2.24) is 9.97 Å². The van der Waals surface area contributed by atoms with Crippen molar-refractivity contribution < 1.29 is 9.53 Å². The number of thiazole rings is 1. The third-order valence-corrected chi connectivity index (χ3v) is 6.01. The van der Waals surface area contributed by atoms with Crippen molar-refractivity contribution in [2.75, 3.05) is 17.7 Å². The number of pyridine rings is 1. The molecule has 0 radical (unpaired) electrons. The third kappa shape index (κ3) is 5.46. The fraction of sp³-hybridized carbons (Fsp3) is 0.333. The first-order valence-corrected chi connectivity index (χ1v) is 11.2. The summed E-state index contributed by atoms with van der Waals surface area (Å²) >= 11 is 2.85. The summed E-state index contributed by atoms with van der Waals surface area (Å²) in [5.74, 6) is 1.50. The molecule has 0 aliphatic carbocycles. The van der Waals surface area contributed by atoms with Crippen LogP contribution in [0.4, 0.5) is 5.13 Å². The van der Waals surface area contributed by atoms with E-state index in [2.05, 4.69) is 35.2 Å². The summed E-state index contributed by atoms with van der Waals surface area (Å²) in [7, 11) is 0. The molecule has 6 nitrogen and oxygen atoms in total. The minimum absolute atomic E-state index is 0.111. The fourth-order valence-corrected chi connectivity index (χ4v) is 4.44. The molecule has 0 unspecified atom stereocenters. The number of carbonyl (C=O) groups is 1. The van der Waals surface area contributed by atoms with Gasteiger partial charge in [-0.3, -0.25) is 4.79 Å². The molecular formula is C21H22N4O2S2. The zero-order valence-electron chi connectivity index (χ0n) is 16.6. The van der Waals surface area contributed by atoms with Crippen LogP contribution in [0.1, 0.15) is 44.4 Å². The normalized spacial score (nSPS) is 10.9. The smallest absolute Gasteiger partial charge is 0.226 e. The van der Waals surface area contributed by atoms with E-state index in [1.165, 1.54) is 23.1 Å². The molecule has 0 aliphatic rings. The van der Waals surface area contributed by atoms with Gasteiger partial charge in [0.05, 0.1) is 22.4 Å². The number of hydrogen-bond acceptors (Lipinski definition) is 7. The molecule has 2 aromatic heterocycles. The monoisotopic (exact) mass is 426 g/mol. The van der Waals surface area contributed by atoms with E-state index in [1.807, 2.05) is 31.2 Å². The van der Waals surface area contributed by atoms with Gasteiger partial charge in [-0.1, -0.05) is 25.2 Å². The molecule has 0 spiro atoms. The van der Waals surface area contributed by atoms with E-state index in [4.69, 9.17) is 4.74 Å². The maximum absolute atomic E-state index is 12.3. The Morgan fingerprint density at radius 1 is 1.31 bits per heavy atom. The van der Waals surface area contributed by atoms with Crippen LogP contribution in [-0.2, 0) is 4.79 Å². The lowest BCUT2D eigenvalue weighted by Crippen LogP contribution is -2.12. The van der Waals surface area contributed by atoms with Crippen LogP contribution in [0, 0.1) is 11.3 Å². The highest BCUT2D eigenvalue weighted by Crippen LogP contribution is 2.29. The Morgan fingerprint density at radius 2 is 2.14 bits per heavy atom. The van der Waals surface area contributed by atoms with E-state index in [0.29, 0.717) is 34.5 Å². The van der Waals surface area contributed by atoms with Crippen molar-refractivity contribution in [3.8, 4) is 11.8 Å². The van der Waals surface area contributed by atoms with Crippen molar-refractivity contribution in [3.05, 3.63) is 41.6 Å². The molecule has 3 rings (SSSR count). The van der Waals surface area contributed by atoms with E-state index >= 15 is 0 Å². The van der Waals surface area contributed by atoms with E-state index in [-0.39, 0.29) is 11.8 Å². The lowest BCUT2D eigenvalue weighted by molar-refractivity contribution is -0.115. The lowest BCUT2D eigenvalue weighted by atomic mass is 10.1. The first kappa shape index (κ1) is 21.1. The Balaban J connectivity index is 1.58. The van der Waals surface area contributed by atoms with Gasteiger partial charge in [0.25, 0.3) is 0 Å². The number of ether oxygens (including phenoxy) is 1. The highest BCUT2D eigenvalue weighted by Gasteiger charge is 2.12. The predicted molar refractivity (Wildman–Crippen MR) is 118 cm³/mol. The highest BCUT2D eigenvalue weighted by molar-refractivity contribution is 7.99. The van der Waals surface area contributed by atoms with Crippen LogP contribution >= 0.6 is 23.1 Å². The number of nitrogens with one attached hydrogen (secondary N) is 1. The van der Waals surface area contributed by atoms with Gasteiger partial charge < -0.3 is 10.1 Å². The van der Waals surface area contributed by atoms with Crippen molar-refractivity contribution in [3.63, 3.8) is 0 Å². The van der Waals surface area contributed by atoms with Gasteiger partial charge in [0.15, 0.2) is 5.13 Å². The van der Waals surface area contributed by atoms with Gasteiger partial charge in [-0.15, -0.1) is 11.8 Å². The van der Waals surface area contributed by atoms with Gasteiger partial charge in [0, 0.05) is 17.9 Å². The number of anilines is 1. The summed E-state index contributed by atoms with van der Waals surface area (Å²) in [6.45, 7) is 6.67. The van der Waals surface area contributed by atoms with Gasteiger partial charge in [-0.25, -0.2) is 9.97 Å². The Morgan fingerprint density at radius 3 is 2.86 bits per heavy atom. The fourth-order valence-electron chi connectivity index (χ4n) is 2.61. The van der Waals surface area contributed by atoms with Gasteiger partial charge >= 0.3 is 0 Å². The number of nitrogens with zero attached hydrogens (tertiary/aromatic N) is 3. The molecule has 0 atom stereocenters. The number of hydrogen-bond donors (Lipinski definition) is 1. The van der Waals surface area contributed by atoms with Crippen LogP contribution in [0.5, 0.6) is 5.75 Å². The van der Waals surface area contributed by atoms with Crippen molar-refractivity contribution in [2.24, 2.45) is 0 Å². The largest absolute Gasteiger partial charge is 0.494 e. The summed E-state index contributed by atoms with van der Waals surface area (Å²) in [6.07, 6.45) is 0.309. The third-order valence-electron chi connectivity index (χ3n) is 4.08. The molecular weight excluding hydrogens is 404 g/mol. The minimum Gasteiger partial charge on any atom is -0.494 e. The number of nitriles is 1. The van der Waals surface area contributed by atoms with Crippen molar-refractivity contribution >= 4 is 44.4 Å². The Kier molecular flexibility index (Phi) is 7.07. The van der Waals surface area contributed by atoms with Crippen LogP contribution in [0.15, 0.2) is 35.4 Å². The number of fused-ring (bicyclic) bond motifs is 1. The molecule has 2 heterocycles. The Hall–Kier alpha value is -2.63. The Bertz CT molecular complexity index is 1060. The standard InChI is InChI=1S/C21H22N4O2S2/c1-4-27-15-6-8-17-18(11-15)29-21(24-17)25-19(26)9-10-28-20-14(12-22)5-7-16(23-20)13(2)3/h5-8,11,13H,4,9-10H2,1-3H3,(H,24,25,26). The van der Waals surface area contributed by atoms with Crippen LogP contribution in [0.25, 0.3) is 10.2 Å². The summed E-state index contributed by atoms with van der Waals surface area (Å²) in [5.41, 5.74) is 2.31. The van der Waals surface area contributed by atoms with E-state index < -0.39 is 0 Å². The highest BCUT2D eigenvalue weighted by atomic mass is 32.2. The van der Waals surface area contributed by atoms with Crippen LogP contribution in [0.2, 0.25) is 0 Å². The summed E-state index contributed by atoms with van der Waals surface area (Å²) < 4.78 is 6.47. The predicted octanol–water partition coefficient (Wildman–Crippen LogP) is 5.21. The SMILES string of the molecule is CCOc1ccc2nc(NC(=O)CCSc3nc(C(C)C)ccc3C#N)sc2c1. The molecule has 0 aliphatic heterocycles. The zero-order chi connectivity index (χ0) is 20.8. The van der Waals surface area contributed by atoms with E-state index in [9.17, 15) is 10.1 Å². The first-order chi connectivity index (χ1) is 14.0. The topological polar surface area (TPSA) is 87.9 Å². The molecule has 8 heteroatoms. The molecule has 1 aromatic carbocycles. The maximum atomic E-state index is 12.3. The molecule has 0 bridgehead atoms. The average molecular weight is 427 g/mol. The zero-order valence-corrected chi connectivity index (χ0v) is 18.2. The van der Waals surface area contributed by atoms with E-state index in [1.54, 1.807) is 6.07 Å². The maximum Gasteiger partial charge on any atom is 0.226 e. The Labute approximate surface area is 178 Å². The quantitative estimate of drug-likeness (QED) is 0.498. The van der Waals surface area contributed by atoms with Crippen LogP contribution < -0.4 is 10.1 Å². The minimum atomic E-state index is -0.111. The summed E-state index contributed by atoms with van der Waals surface area (Å²) in [5, 5.41) is 13.4. The lowest BCUT2D eigenvalue weighted by Gasteiger charge is -2.08. The molecule has 3 aromatic rings. The first-order valence-electron chi connectivity index (χ1n) is 9.37. The number of rotatable bonds is 8. The molecule has 1 N–H and O–H groups in total. The van der Waals surface area contributed by atoms with Gasteiger partial charge in [-0.05, 0) is 43.2 Å². The summed E-state index contributed by atoms with van der Waals surface area (Å²) in [6, 6.07) is 11.5. The van der Waals surface area contributed by atoms with E-state index in [0.717, 1.165) is 21.7 Å². The van der Waals surface area contributed by atoms with Crippen LogP contribution in [-0.4, -0.2) is 28.2 Å². The molecule has 1 amide bonds. The second kappa shape index (κ2) is 9.72. The van der Waals surface area contributed by atoms with Gasteiger partial charge in [0.1, 0.15) is 16.8 Å². The van der Waals surface area contributed by atoms with Crippen LogP contribution in [0.3, 0.4) is 0 Å². The second-order valence-electron chi connectivity index (χ2n) is 6.58. The molecule has 0 saturated heterocycles. The number of carbonyl (C=O) groups excluding carboxylic acids is 1. The van der Waals surface area contributed by atoms with Gasteiger partial charge in [0.2, 0.25) is 5.91 Å². The number of benzene rings is 1. The second-order valence-corrected chi connectivity index (χ2v) is 8.70. The molecule has 0 fully saturated rings.